The molecule has 1 aromatic heterocycles. The Labute approximate surface area is 147 Å². The van der Waals surface area contributed by atoms with Crippen LogP contribution in [0.4, 0.5) is 0 Å². The first-order valence-electron chi connectivity index (χ1n) is 9.07. The molecule has 1 aliphatic carbocycles. The molecule has 0 spiro atoms. The number of aromatic nitrogens is 1. The Balaban J connectivity index is 1.43. The quantitative estimate of drug-likeness (QED) is 0.862. The summed E-state index contributed by atoms with van der Waals surface area (Å²) in [6, 6.07) is 8.25. The Bertz CT molecular complexity index is 764. The Kier molecular flexibility index (Phi) is 4.39. The molecule has 4 rings (SSSR count). The van der Waals surface area contributed by atoms with E-state index in [9.17, 15) is 9.90 Å². The summed E-state index contributed by atoms with van der Waals surface area (Å²) in [5.74, 6) is 0.511. The summed E-state index contributed by atoms with van der Waals surface area (Å²) in [5.41, 5.74) is 6.28. The van der Waals surface area contributed by atoms with E-state index in [0.29, 0.717) is 6.04 Å². The highest BCUT2D eigenvalue weighted by atomic mass is 16.5. The number of piperidine rings is 1. The maximum Gasteiger partial charge on any atom is 0.237 e. The molecule has 1 saturated carbocycles. The minimum Gasteiger partial charge on any atom is -0.490 e. The van der Waals surface area contributed by atoms with E-state index < -0.39 is 0 Å². The average Bonchev–Trinajstić information content (AvgIpc) is 2.99. The van der Waals surface area contributed by atoms with Crippen LogP contribution in [0.15, 0.2) is 30.5 Å². The van der Waals surface area contributed by atoms with Gasteiger partial charge >= 0.3 is 0 Å². The first-order chi connectivity index (χ1) is 12.1. The van der Waals surface area contributed by atoms with Gasteiger partial charge in [0.15, 0.2) is 0 Å². The molecule has 6 heteroatoms. The molecule has 6 nitrogen and oxygen atoms in total. The monoisotopic (exact) mass is 343 g/mol. The van der Waals surface area contributed by atoms with Crippen molar-refractivity contribution in [3.63, 3.8) is 0 Å². The van der Waals surface area contributed by atoms with E-state index >= 15 is 0 Å². The molecule has 2 heterocycles. The first kappa shape index (κ1) is 16.4. The summed E-state index contributed by atoms with van der Waals surface area (Å²) in [6.07, 6.45) is 5.92. The largest absolute Gasteiger partial charge is 0.490 e. The number of carbonyl (C=O) groups excluding carboxylic acids is 1. The molecule has 2 atom stereocenters. The Hall–Kier alpha value is -2.05. The zero-order chi connectivity index (χ0) is 17.4. The smallest absolute Gasteiger partial charge is 0.237 e. The zero-order valence-corrected chi connectivity index (χ0v) is 14.3. The van der Waals surface area contributed by atoms with Gasteiger partial charge in [0.1, 0.15) is 18.4 Å². The fraction of sp³-hybridized carbons (Fsp3) is 0.526. The number of nitrogens with zero attached hydrogens (tertiary/aromatic N) is 2. The minimum absolute atomic E-state index is 0.142. The molecule has 1 saturated heterocycles. The van der Waals surface area contributed by atoms with Crippen LogP contribution in [0.5, 0.6) is 5.75 Å². The van der Waals surface area contributed by atoms with Gasteiger partial charge in [-0.3, -0.25) is 9.69 Å². The van der Waals surface area contributed by atoms with Crippen LogP contribution in [0.1, 0.15) is 25.7 Å². The second-order valence-corrected chi connectivity index (χ2v) is 7.16. The molecular weight excluding hydrogens is 318 g/mol. The molecular formula is C19H25N3O3. The molecule has 25 heavy (non-hydrogen) atoms. The van der Waals surface area contributed by atoms with E-state index in [1.54, 1.807) is 0 Å². The van der Waals surface area contributed by atoms with Crippen molar-refractivity contribution in [2.24, 2.45) is 5.73 Å². The van der Waals surface area contributed by atoms with Crippen LogP contribution >= 0.6 is 0 Å². The summed E-state index contributed by atoms with van der Waals surface area (Å²) < 4.78 is 8.13. The van der Waals surface area contributed by atoms with Gasteiger partial charge in [-0.2, -0.15) is 0 Å². The van der Waals surface area contributed by atoms with Crippen LogP contribution in [-0.2, 0) is 11.3 Å². The summed E-state index contributed by atoms with van der Waals surface area (Å²) in [4.78, 5) is 13.6. The van der Waals surface area contributed by atoms with Gasteiger partial charge in [0.25, 0.3) is 0 Å². The van der Waals surface area contributed by atoms with Crippen molar-refractivity contribution in [2.75, 3.05) is 13.1 Å². The topological polar surface area (TPSA) is 80.7 Å². The second-order valence-electron chi connectivity index (χ2n) is 7.16. The van der Waals surface area contributed by atoms with Crippen molar-refractivity contribution in [1.29, 1.82) is 0 Å². The highest BCUT2D eigenvalue weighted by Gasteiger charge is 2.36. The number of hydrogen-bond acceptors (Lipinski definition) is 4. The number of rotatable bonds is 5. The lowest BCUT2D eigenvalue weighted by Gasteiger charge is -2.44. The molecule has 2 aliphatic rings. The van der Waals surface area contributed by atoms with Gasteiger partial charge < -0.3 is 20.1 Å². The number of hydrogen-bond donors (Lipinski definition) is 2. The first-order valence-corrected chi connectivity index (χ1v) is 9.07. The SMILES string of the molecule is NC(=O)Cn1ccc2c(OC3CCN(C4CCC4O)CC3)cccc21. The van der Waals surface area contributed by atoms with Gasteiger partial charge in [0.05, 0.1) is 11.6 Å². The fourth-order valence-corrected chi connectivity index (χ4v) is 4.00. The van der Waals surface area contributed by atoms with Crippen molar-refractivity contribution in [3.8, 4) is 5.75 Å². The van der Waals surface area contributed by atoms with Crippen molar-refractivity contribution in [1.82, 2.24) is 9.47 Å². The van der Waals surface area contributed by atoms with Gasteiger partial charge in [-0.1, -0.05) is 6.07 Å². The van der Waals surface area contributed by atoms with Gasteiger partial charge in [-0.05, 0) is 43.9 Å². The number of aliphatic hydroxyl groups excluding tert-OH is 1. The van der Waals surface area contributed by atoms with Crippen LogP contribution in [0.25, 0.3) is 10.9 Å². The van der Waals surface area contributed by atoms with Crippen LogP contribution in [0.3, 0.4) is 0 Å². The maximum atomic E-state index is 11.2. The van der Waals surface area contributed by atoms with Crippen molar-refractivity contribution in [3.05, 3.63) is 30.5 Å². The highest BCUT2D eigenvalue weighted by Crippen LogP contribution is 2.31. The van der Waals surface area contributed by atoms with Crippen LogP contribution in [0, 0.1) is 0 Å². The molecule has 2 unspecified atom stereocenters. The number of benzene rings is 1. The zero-order valence-electron chi connectivity index (χ0n) is 14.3. The number of carbonyl (C=O) groups is 1. The van der Waals surface area contributed by atoms with E-state index in [4.69, 9.17) is 10.5 Å². The lowest BCUT2D eigenvalue weighted by atomic mass is 9.86. The highest BCUT2D eigenvalue weighted by molar-refractivity contribution is 5.87. The number of nitrogens with two attached hydrogens (primary N) is 1. The molecule has 2 fully saturated rings. The predicted molar refractivity (Wildman–Crippen MR) is 95.4 cm³/mol. The van der Waals surface area contributed by atoms with E-state index in [-0.39, 0.29) is 24.7 Å². The van der Waals surface area contributed by atoms with E-state index in [0.717, 1.165) is 55.4 Å². The summed E-state index contributed by atoms with van der Waals surface area (Å²) in [6.45, 7) is 2.13. The standard InChI is InChI=1S/C19H25N3O3/c20-19(24)12-22-11-8-14-15(22)2-1-3-18(14)25-13-6-9-21(10-7-13)16-4-5-17(16)23/h1-3,8,11,13,16-17,23H,4-7,9-10,12H2,(H2,20,24). The lowest BCUT2D eigenvalue weighted by Crippen LogP contribution is -2.54. The average molecular weight is 343 g/mol. The summed E-state index contributed by atoms with van der Waals surface area (Å²) in [5, 5.41) is 10.9. The van der Waals surface area contributed by atoms with Crippen molar-refractivity contribution < 1.29 is 14.6 Å². The third-order valence-corrected chi connectivity index (χ3v) is 5.54. The van der Waals surface area contributed by atoms with E-state index in [1.165, 1.54) is 0 Å². The molecule has 2 aromatic rings. The second kappa shape index (κ2) is 6.69. The molecule has 1 aliphatic heterocycles. The molecule has 1 amide bonds. The lowest BCUT2D eigenvalue weighted by molar-refractivity contribution is -0.118. The normalized spacial score (nSPS) is 25.0. The van der Waals surface area contributed by atoms with Crippen LogP contribution in [0.2, 0.25) is 0 Å². The fourth-order valence-electron chi connectivity index (χ4n) is 4.00. The molecule has 3 N–H and O–H groups in total. The predicted octanol–water partition coefficient (Wildman–Crippen LogP) is 1.49. The van der Waals surface area contributed by atoms with E-state index in [1.807, 2.05) is 35.0 Å². The van der Waals surface area contributed by atoms with Gasteiger partial charge in [0.2, 0.25) is 5.91 Å². The third kappa shape index (κ3) is 3.24. The number of amides is 1. The van der Waals surface area contributed by atoms with Crippen LogP contribution < -0.4 is 10.5 Å². The summed E-state index contributed by atoms with van der Waals surface area (Å²) in [7, 11) is 0. The Morgan fingerprint density at radius 1 is 1.20 bits per heavy atom. The summed E-state index contributed by atoms with van der Waals surface area (Å²) >= 11 is 0. The molecule has 1 aromatic carbocycles. The number of ether oxygens (including phenoxy) is 1. The van der Waals surface area contributed by atoms with Crippen molar-refractivity contribution >= 4 is 16.8 Å². The van der Waals surface area contributed by atoms with Crippen LogP contribution in [-0.4, -0.2) is 51.8 Å². The molecule has 0 bridgehead atoms. The van der Waals surface area contributed by atoms with E-state index in [2.05, 4.69) is 4.90 Å². The minimum atomic E-state index is -0.352. The molecule has 0 radical (unpaired) electrons. The van der Waals surface area contributed by atoms with Crippen molar-refractivity contribution in [2.45, 2.75) is 50.5 Å². The molecule has 134 valence electrons. The Morgan fingerprint density at radius 3 is 2.64 bits per heavy atom. The van der Waals surface area contributed by atoms with Gasteiger partial charge in [-0.25, -0.2) is 0 Å². The number of fused-ring (bicyclic) bond motifs is 1. The third-order valence-electron chi connectivity index (χ3n) is 5.54. The maximum absolute atomic E-state index is 11.2. The van der Waals surface area contributed by atoms with Gasteiger partial charge in [0, 0.05) is 30.7 Å². The Morgan fingerprint density at radius 2 is 2.00 bits per heavy atom. The number of primary amides is 1. The number of aliphatic hydroxyl groups is 1. The van der Waals surface area contributed by atoms with Gasteiger partial charge in [-0.15, -0.1) is 0 Å². The number of likely N-dealkylation sites (tertiary alicyclic amines) is 1.